The second kappa shape index (κ2) is 8.53. The van der Waals surface area contributed by atoms with Crippen LogP contribution in [0.4, 0.5) is 5.69 Å². The first-order valence-corrected chi connectivity index (χ1v) is 10.9. The highest BCUT2D eigenvalue weighted by atomic mass is 35.5. The molecule has 0 saturated heterocycles. The molecule has 4 rings (SSSR count). The third-order valence-electron chi connectivity index (χ3n) is 5.30. The van der Waals surface area contributed by atoms with E-state index in [1.807, 2.05) is 32.0 Å². The number of anilines is 1. The fourth-order valence-corrected chi connectivity index (χ4v) is 4.48. The zero-order valence-corrected chi connectivity index (χ0v) is 18.6. The highest BCUT2D eigenvalue weighted by Crippen LogP contribution is 2.20. The van der Waals surface area contributed by atoms with Gasteiger partial charge in [-0.2, -0.15) is 0 Å². The third-order valence-corrected chi connectivity index (χ3v) is 6.56. The van der Waals surface area contributed by atoms with Crippen molar-refractivity contribution in [3.05, 3.63) is 96.5 Å². The average molecular weight is 454 g/mol. The summed E-state index contributed by atoms with van der Waals surface area (Å²) >= 11 is 7.48. The van der Waals surface area contributed by atoms with Gasteiger partial charge in [-0.1, -0.05) is 41.9 Å². The molecule has 2 aromatic heterocycles. The van der Waals surface area contributed by atoms with Crippen LogP contribution in [0.2, 0.25) is 5.02 Å². The summed E-state index contributed by atoms with van der Waals surface area (Å²) < 4.78 is 2.89. The van der Waals surface area contributed by atoms with Gasteiger partial charge in [0.25, 0.3) is 5.56 Å². The second-order valence-corrected chi connectivity index (χ2v) is 8.61. The van der Waals surface area contributed by atoms with E-state index in [1.165, 1.54) is 15.9 Å². The lowest BCUT2D eigenvalue weighted by Crippen LogP contribution is -2.41. The van der Waals surface area contributed by atoms with E-state index >= 15 is 0 Å². The van der Waals surface area contributed by atoms with Crippen molar-refractivity contribution in [2.45, 2.75) is 26.9 Å². The molecule has 158 valence electrons. The molecule has 0 aliphatic carbocycles. The standard InChI is InChI=1S/C23H20ClN3O3S/c1-14-6-5-9-18(15(14)2)25-20(28)13-26-19-10-11-31-21(19)22(29)27(23(26)30)12-16-7-3-4-8-17(16)24/h3-11H,12-13H2,1-2H3,(H,25,28). The molecule has 31 heavy (non-hydrogen) atoms. The fourth-order valence-electron chi connectivity index (χ4n) is 3.44. The van der Waals surface area contributed by atoms with Crippen molar-refractivity contribution in [2.75, 3.05) is 5.32 Å². The number of hydrogen-bond acceptors (Lipinski definition) is 4. The third kappa shape index (κ3) is 4.06. The van der Waals surface area contributed by atoms with Gasteiger partial charge in [-0.25, -0.2) is 4.79 Å². The van der Waals surface area contributed by atoms with Crippen molar-refractivity contribution in [1.82, 2.24) is 9.13 Å². The van der Waals surface area contributed by atoms with E-state index in [9.17, 15) is 14.4 Å². The molecule has 0 unspecified atom stereocenters. The topological polar surface area (TPSA) is 73.1 Å². The van der Waals surface area contributed by atoms with Crippen molar-refractivity contribution in [1.29, 1.82) is 0 Å². The SMILES string of the molecule is Cc1cccc(NC(=O)Cn2c(=O)n(Cc3ccccc3Cl)c(=O)c3sccc32)c1C. The molecule has 0 aliphatic rings. The number of thiophene rings is 1. The van der Waals surface area contributed by atoms with Crippen molar-refractivity contribution in [2.24, 2.45) is 0 Å². The summed E-state index contributed by atoms with van der Waals surface area (Å²) in [6, 6.07) is 14.4. The maximum atomic E-state index is 13.2. The predicted molar refractivity (Wildman–Crippen MR) is 125 cm³/mol. The van der Waals surface area contributed by atoms with E-state index in [4.69, 9.17) is 11.6 Å². The van der Waals surface area contributed by atoms with Crippen LogP contribution in [0.5, 0.6) is 0 Å². The Kier molecular flexibility index (Phi) is 5.80. The molecule has 1 N–H and O–H groups in total. The van der Waals surface area contributed by atoms with E-state index < -0.39 is 5.69 Å². The van der Waals surface area contributed by atoms with Gasteiger partial charge in [-0.15, -0.1) is 11.3 Å². The zero-order valence-electron chi connectivity index (χ0n) is 17.0. The highest BCUT2D eigenvalue weighted by Gasteiger charge is 2.18. The average Bonchev–Trinajstić information content (AvgIpc) is 3.23. The lowest BCUT2D eigenvalue weighted by molar-refractivity contribution is -0.116. The Morgan fingerprint density at radius 2 is 1.81 bits per heavy atom. The molecule has 0 radical (unpaired) electrons. The number of nitrogens with zero attached hydrogens (tertiary/aromatic N) is 2. The normalized spacial score (nSPS) is 11.1. The highest BCUT2D eigenvalue weighted by molar-refractivity contribution is 7.17. The summed E-state index contributed by atoms with van der Waals surface area (Å²) in [7, 11) is 0. The minimum absolute atomic E-state index is 0.0315. The summed E-state index contributed by atoms with van der Waals surface area (Å²) in [6.07, 6.45) is 0. The lowest BCUT2D eigenvalue weighted by Gasteiger charge is -2.14. The quantitative estimate of drug-likeness (QED) is 0.492. The van der Waals surface area contributed by atoms with Gasteiger partial charge in [0, 0.05) is 10.7 Å². The van der Waals surface area contributed by atoms with Crippen molar-refractivity contribution < 1.29 is 4.79 Å². The molecule has 4 aromatic rings. The largest absolute Gasteiger partial charge is 0.332 e. The van der Waals surface area contributed by atoms with Crippen LogP contribution in [0, 0.1) is 13.8 Å². The number of fused-ring (bicyclic) bond motifs is 1. The number of rotatable bonds is 5. The minimum atomic E-state index is -0.549. The smallest absolute Gasteiger partial charge is 0.324 e. The summed E-state index contributed by atoms with van der Waals surface area (Å²) in [5, 5.41) is 5.08. The lowest BCUT2D eigenvalue weighted by atomic mass is 10.1. The van der Waals surface area contributed by atoms with E-state index in [0.29, 0.717) is 26.5 Å². The molecule has 8 heteroatoms. The molecule has 6 nitrogen and oxygen atoms in total. The van der Waals surface area contributed by atoms with Gasteiger partial charge < -0.3 is 5.32 Å². The van der Waals surface area contributed by atoms with E-state index in [0.717, 1.165) is 15.7 Å². The van der Waals surface area contributed by atoms with Gasteiger partial charge in [0.1, 0.15) is 11.2 Å². The first-order valence-electron chi connectivity index (χ1n) is 9.67. The molecule has 0 atom stereocenters. The Morgan fingerprint density at radius 1 is 1.03 bits per heavy atom. The van der Waals surface area contributed by atoms with Crippen LogP contribution in [0.3, 0.4) is 0 Å². The van der Waals surface area contributed by atoms with Gasteiger partial charge >= 0.3 is 5.69 Å². The van der Waals surface area contributed by atoms with Gasteiger partial charge in [0.15, 0.2) is 0 Å². The summed E-state index contributed by atoms with van der Waals surface area (Å²) in [5.41, 5.74) is 2.89. The fraction of sp³-hybridized carbons (Fsp3) is 0.174. The zero-order chi connectivity index (χ0) is 22.1. The van der Waals surface area contributed by atoms with Gasteiger partial charge in [0.05, 0.1) is 12.1 Å². The predicted octanol–water partition coefficient (Wildman–Crippen LogP) is 4.18. The Morgan fingerprint density at radius 3 is 2.58 bits per heavy atom. The maximum absolute atomic E-state index is 13.2. The maximum Gasteiger partial charge on any atom is 0.332 e. The molecule has 0 saturated carbocycles. The molecular weight excluding hydrogens is 434 g/mol. The number of nitrogens with one attached hydrogen (secondary N) is 1. The van der Waals surface area contributed by atoms with Crippen LogP contribution < -0.4 is 16.6 Å². The summed E-state index contributed by atoms with van der Waals surface area (Å²) in [4.78, 5) is 39.0. The van der Waals surface area contributed by atoms with Gasteiger partial charge in [0.2, 0.25) is 5.91 Å². The number of carbonyl (C=O) groups is 1. The number of aryl methyl sites for hydroxylation is 1. The Bertz CT molecular complexity index is 1420. The Labute approximate surface area is 187 Å². The van der Waals surface area contributed by atoms with Gasteiger partial charge in [-0.05, 0) is 54.1 Å². The second-order valence-electron chi connectivity index (χ2n) is 7.28. The monoisotopic (exact) mass is 453 g/mol. The summed E-state index contributed by atoms with van der Waals surface area (Å²) in [6.45, 7) is 3.72. The van der Waals surface area contributed by atoms with Crippen LogP contribution in [-0.4, -0.2) is 15.0 Å². The van der Waals surface area contributed by atoms with Crippen LogP contribution in [0.25, 0.3) is 10.2 Å². The number of carbonyl (C=O) groups excluding carboxylic acids is 1. The first-order chi connectivity index (χ1) is 14.9. The van der Waals surface area contributed by atoms with Crippen LogP contribution in [0.15, 0.2) is 63.5 Å². The van der Waals surface area contributed by atoms with Gasteiger partial charge in [-0.3, -0.25) is 18.7 Å². The van der Waals surface area contributed by atoms with Crippen LogP contribution >= 0.6 is 22.9 Å². The van der Waals surface area contributed by atoms with Crippen LogP contribution in [0.1, 0.15) is 16.7 Å². The molecule has 1 amide bonds. The Balaban J connectivity index is 1.74. The van der Waals surface area contributed by atoms with Crippen molar-refractivity contribution in [3.8, 4) is 0 Å². The molecule has 0 aliphatic heterocycles. The molecule has 2 heterocycles. The number of hydrogen-bond donors (Lipinski definition) is 1. The number of benzene rings is 2. The minimum Gasteiger partial charge on any atom is -0.324 e. The van der Waals surface area contributed by atoms with E-state index in [-0.39, 0.29) is 24.6 Å². The van der Waals surface area contributed by atoms with Crippen LogP contribution in [-0.2, 0) is 17.9 Å². The number of aromatic nitrogens is 2. The van der Waals surface area contributed by atoms with Crippen molar-refractivity contribution in [3.63, 3.8) is 0 Å². The molecule has 0 bridgehead atoms. The molecule has 2 aromatic carbocycles. The molecule has 0 fully saturated rings. The first kappa shape index (κ1) is 21.1. The molecular formula is C23H20ClN3O3S. The summed E-state index contributed by atoms with van der Waals surface area (Å²) in [5.74, 6) is -0.341. The number of amides is 1. The Hall–Kier alpha value is -3.16. The van der Waals surface area contributed by atoms with E-state index in [1.54, 1.807) is 35.7 Å². The van der Waals surface area contributed by atoms with E-state index in [2.05, 4.69) is 5.32 Å². The van der Waals surface area contributed by atoms with Crippen molar-refractivity contribution >= 4 is 44.7 Å². The molecule has 0 spiro atoms. The number of halogens is 1.